The van der Waals surface area contributed by atoms with Crippen LogP contribution in [0.25, 0.3) is 6.08 Å². The van der Waals surface area contributed by atoms with Crippen LogP contribution < -0.4 is 0 Å². The molecule has 0 atom stereocenters. The van der Waals surface area contributed by atoms with E-state index in [1.54, 1.807) is 30.3 Å². The highest BCUT2D eigenvalue weighted by atomic mass is 35.5. The van der Waals surface area contributed by atoms with Crippen LogP contribution in [0.15, 0.2) is 36.4 Å². The summed E-state index contributed by atoms with van der Waals surface area (Å²) in [4.78, 5) is 12.4. The fourth-order valence-electron chi connectivity index (χ4n) is 1.33. The minimum absolute atomic E-state index is 0.0187. The van der Waals surface area contributed by atoms with Gasteiger partial charge in [0, 0.05) is 0 Å². The Hall–Kier alpha value is -1.29. The summed E-state index contributed by atoms with van der Waals surface area (Å²) in [6, 6.07) is 8.11. The molecule has 1 heterocycles. The molecule has 0 radical (unpaired) electrons. The normalized spacial score (nSPS) is 11.0. The van der Waals surface area contributed by atoms with E-state index in [0.29, 0.717) is 9.21 Å². The number of thiophene rings is 1. The third-order valence-corrected chi connectivity index (χ3v) is 3.76. The number of phenols is 1. The number of hydrogen-bond acceptors (Lipinski definition) is 3. The van der Waals surface area contributed by atoms with Crippen LogP contribution in [0.2, 0.25) is 9.36 Å². The average Bonchev–Trinajstić information content (AvgIpc) is 2.77. The number of carbonyl (C=O) groups excluding carboxylic acids is 1. The van der Waals surface area contributed by atoms with Gasteiger partial charge in [0.05, 0.1) is 14.2 Å². The Morgan fingerprint density at radius 3 is 2.61 bits per heavy atom. The van der Waals surface area contributed by atoms with E-state index in [-0.39, 0.29) is 16.6 Å². The van der Waals surface area contributed by atoms with Gasteiger partial charge in [-0.25, -0.2) is 0 Å². The number of carbonyl (C=O) groups is 1. The Kier molecular flexibility index (Phi) is 4.07. The van der Waals surface area contributed by atoms with Crippen molar-refractivity contribution >= 4 is 46.4 Å². The monoisotopic (exact) mass is 298 g/mol. The van der Waals surface area contributed by atoms with Gasteiger partial charge in [0.1, 0.15) is 5.75 Å². The molecule has 18 heavy (non-hydrogen) atoms. The Balaban J connectivity index is 2.15. The zero-order valence-corrected chi connectivity index (χ0v) is 11.4. The topological polar surface area (TPSA) is 37.3 Å². The van der Waals surface area contributed by atoms with Gasteiger partial charge in [0.25, 0.3) is 0 Å². The van der Waals surface area contributed by atoms with Crippen molar-refractivity contribution in [1.82, 2.24) is 0 Å². The predicted octanol–water partition coefficient (Wildman–Crippen LogP) is 4.66. The predicted molar refractivity (Wildman–Crippen MR) is 75.8 cm³/mol. The van der Waals surface area contributed by atoms with Crippen molar-refractivity contribution in [1.29, 1.82) is 0 Å². The number of halogens is 2. The SMILES string of the molecule is O=C(C=Cc1ccc(O)c(Cl)c1)c1ccc(Cl)s1. The molecule has 0 amide bonds. The maximum Gasteiger partial charge on any atom is 0.195 e. The van der Waals surface area contributed by atoms with Crippen LogP contribution in [0.4, 0.5) is 0 Å². The second kappa shape index (κ2) is 5.57. The smallest absolute Gasteiger partial charge is 0.195 e. The zero-order valence-electron chi connectivity index (χ0n) is 9.06. The second-order valence-corrected chi connectivity index (χ2v) is 5.63. The molecule has 2 aromatic rings. The first-order valence-corrected chi connectivity index (χ1v) is 6.60. The van der Waals surface area contributed by atoms with Crippen LogP contribution in [0.5, 0.6) is 5.75 Å². The van der Waals surface area contributed by atoms with Crippen LogP contribution in [-0.2, 0) is 0 Å². The molecule has 0 saturated heterocycles. The fourth-order valence-corrected chi connectivity index (χ4v) is 2.48. The van der Waals surface area contributed by atoms with Crippen molar-refractivity contribution in [3.63, 3.8) is 0 Å². The first-order chi connectivity index (χ1) is 8.56. The minimum atomic E-state index is -0.115. The maximum absolute atomic E-state index is 11.8. The van der Waals surface area contributed by atoms with Crippen LogP contribution in [0.1, 0.15) is 15.2 Å². The molecule has 0 unspecified atom stereocenters. The van der Waals surface area contributed by atoms with Crippen molar-refractivity contribution in [2.45, 2.75) is 0 Å². The van der Waals surface area contributed by atoms with Crippen molar-refractivity contribution in [3.8, 4) is 5.75 Å². The minimum Gasteiger partial charge on any atom is -0.506 e. The van der Waals surface area contributed by atoms with Crippen LogP contribution in [-0.4, -0.2) is 10.9 Å². The Labute approximate surface area is 118 Å². The van der Waals surface area contributed by atoms with Gasteiger partial charge in [-0.2, -0.15) is 0 Å². The Morgan fingerprint density at radius 1 is 1.22 bits per heavy atom. The lowest BCUT2D eigenvalue weighted by molar-refractivity contribution is 0.105. The van der Waals surface area contributed by atoms with E-state index >= 15 is 0 Å². The van der Waals surface area contributed by atoms with Gasteiger partial charge >= 0.3 is 0 Å². The van der Waals surface area contributed by atoms with Gasteiger partial charge < -0.3 is 5.11 Å². The number of aromatic hydroxyl groups is 1. The molecule has 1 aromatic heterocycles. The molecular formula is C13H8Cl2O2S. The highest BCUT2D eigenvalue weighted by Gasteiger charge is 2.05. The molecule has 5 heteroatoms. The highest BCUT2D eigenvalue weighted by molar-refractivity contribution is 7.18. The summed E-state index contributed by atoms with van der Waals surface area (Å²) in [5.74, 6) is -0.0960. The van der Waals surface area contributed by atoms with Crippen LogP contribution in [0, 0.1) is 0 Å². The van der Waals surface area contributed by atoms with Crippen molar-refractivity contribution in [2.24, 2.45) is 0 Å². The first-order valence-electron chi connectivity index (χ1n) is 5.02. The van der Waals surface area contributed by atoms with E-state index in [4.69, 9.17) is 23.2 Å². The fraction of sp³-hybridized carbons (Fsp3) is 0. The van der Waals surface area contributed by atoms with E-state index in [0.717, 1.165) is 5.56 Å². The summed E-state index contributed by atoms with van der Waals surface area (Å²) in [5, 5.41) is 9.52. The molecule has 0 aliphatic heterocycles. The highest BCUT2D eigenvalue weighted by Crippen LogP contribution is 2.25. The van der Waals surface area contributed by atoms with Crippen molar-refractivity contribution in [2.75, 3.05) is 0 Å². The molecule has 1 N–H and O–H groups in total. The molecule has 2 nitrogen and oxygen atoms in total. The van der Waals surface area contributed by atoms with E-state index in [2.05, 4.69) is 0 Å². The second-order valence-electron chi connectivity index (χ2n) is 3.51. The molecule has 0 bridgehead atoms. The number of phenolic OH excluding ortho intramolecular Hbond substituents is 1. The molecule has 0 aliphatic carbocycles. The van der Waals surface area contributed by atoms with Crippen LogP contribution >= 0.6 is 34.5 Å². The van der Waals surface area contributed by atoms with Gasteiger partial charge in [-0.1, -0.05) is 35.3 Å². The van der Waals surface area contributed by atoms with E-state index in [1.807, 2.05) is 0 Å². The molecule has 92 valence electrons. The lowest BCUT2D eigenvalue weighted by atomic mass is 10.2. The van der Waals surface area contributed by atoms with Gasteiger partial charge in [-0.3, -0.25) is 4.79 Å². The maximum atomic E-state index is 11.8. The number of hydrogen-bond donors (Lipinski definition) is 1. The van der Waals surface area contributed by atoms with Gasteiger partial charge in [-0.15, -0.1) is 11.3 Å². The lowest BCUT2D eigenvalue weighted by Crippen LogP contribution is -1.88. The molecular weight excluding hydrogens is 291 g/mol. The standard InChI is InChI=1S/C13H8Cl2O2S/c14-9-7-8(1-3-10(9)16)2-4-11(17)12-5-6-13(15)18-12/h1-7,16H. The largest absolute Gasteiger partial charge is 0.506 e. The molecule has 0 fully saturated rings. The summed E-state index contributed by atoms with van der Waals surface area (Å²) in [7, 11) is 0. The number of rotatable bonds is 3. The van der Waals surface area contributed by atoms with Crippen molar-refractivity contribution in [3.05, 3.63) is 56.2 Å². The summed E-state index contributed by atoms with van der Waals surface area (Å²) >= 11 is 12.8. The molecule has 0 spiro atoms. The quantitative estimate of drug-likeness (QED) is 0.661. The summed E-state index contributed by atoms with van der Waals surface area (Å²) < 4.78 is 0.583. The molecule has 0 saturated carbocycles. The molecule has 1 aromatic carbocycles. The third-order valence-electron chi connectivity index (χ3n) is 2.21. The van der Waals surface area contributed by atoms with Gasteiger partial charge in [0.2, 0.25) is 0 Å². The molecule has 2 rings (SSSR count). The van der Waals surface area contributed by atoms with Gasteiger partial charge in [0.15, 0.2) is 5.78 Å². The van der Waals surface area contributed by atoms with E-state index in [1.165, 1.54) is 23.5 Å². The summed E-state index contributed by atoms with van der Waals surface area (Å²) in [6.07, 6.45) is 3.09. The Bertz CT molecular complexity index is 617. The van der Waals surface area contributed by atoms with E-state index < -0.39 is 0 Å². The number of allylic oxidation sites excluding steroid dienone is 1. The first kappa shape index (κ1) is 13.1. The summed E-state index contributed by atoms with van der Waals surface area (Å²) in [5.41, 5.74) is 0.744. The third kappa shape index (κ3) is 3.13. The summed E-state index contributed by atoms with van der Waals surface area (Å²) in [6.45, 7) is 0. The average molecular weight is 299 g/mol. The van der Waals surface area contributed by atoms with Gasteiger partial charge in [-0.05, 0) is 35.9 Å². The van der Waals surface area contributed by atoms with E-state index in [9.17, 15) is 9.90 Å². The van der Waals surface area contributed by atoms with Crippen LogP contribution in [0.3, 0.4) is 0 Å². The number of benzene rings is 1. The Morgan fingerprint density at radius 2 is 2.00 bits per heavy atom. The zero-order chi connectivity index (χ0) is 13.1. The number of ketones is 1. The van der Waals surface area contributed by atoms with Crippen molar-refractivity contribution < 1.29 is 9.90 Å². The lowest BCUT2D eigenvalue weighted by Gasteiger charge is -1.97. The molecule has 0 aliphatic rings.